The summed E-state index contributed by atoms with van der Waals surface area (Å²) in [4.78, 5) is 24.5. The van der Waals surface area contributed by atoms with Crippen LogP contribution in [0, 0.1) is 0 Å². The van der Waals surface area contributed by atoms with Gasteiger partial charge in [-0.25, -0.2) is 4.98 Å². The lowest BCUT2D eigenvalue weighted by atomic mass is 9.87. The molecule has 6 rings (SSSR count). The van der Waals surface area contributed by atoms with Crippen molar-refractivity contribution >= 4 is 22.5 Å². The van der Waals surface area contributed by atoms with Crippen LogP contribution in [-0.2, 0) is 32.6 Å². The Morgan fingerprint density at radius 2 is 1.88 bits per heavy atom. The topological polar surface area (TPSA) is 78.1 Å². The number of nitrogens with zero attached hydrogens (tertiary/aromatic N) is 6. The molecule has 0 bridgehead atoms. The van der Waals surface area contributed by atoms with Crippen LogP contribution in [0.4, 0.5) is 18.9 Å². The van der Waals surface area contributed by atoms with Gasteiger partial charge in [0.05, 0.1) is 24.6 Å². The smallest absolute Gasteiger partial charge is 0.435 e. The molecule has 0 N–H and O–H groups in total. The van der Waals surface area contributed by atoms with Crippen LogP contribution in [0.25, 0.3) is 22.0 Å². The van der Waals surface area contributed by atoms with E-state index in [1.165, 1.54) is 13.2 Å². The van der Waals surface area contributed by atoms with Gasteiger partial charge in [0.2, 0.25) is 0 Å². The molecule has 0 aliphatic carbocycles. The molecule has 11 heteroatoms. The van der Waals surface area contributed by atoms with Gasteiger partial charge in [0.1, 0.15) is 5.75 Å². The van der Waals surface area contributed by atoms with E-state index in [9.17, 15) is 18.0 Å². The first kappa shape index (κ1) is 26.5. The Kier molecular flexibility index (Phi) is 6.51. The van der Waals surface area contributed by atoms with Crippen molar-refractivity contribution in [3.8, 4) is 16.9 Å². The zero-order valence-corrected chi connectivity index (χ0v) is 22.7. The molecule has 3 aromatic heterocycles. The van der Waals surface area contributed by atoms with E-state index < -0.39 is 11.9 Å². The fourth-order valence-corrected chi connectivity index (χ4v) is 5.62. The first-order valence-electron chi connectivity index (χ1n) is 13.2. The average Bonchev–Trinajstić information content (AvgIpc) is 3.62. The molecule has 210 valence electrons. The Bertz CT molecular complexity index is 1780. The standard InChI is InChI=1S/C30H27F3N6O2/c1-4-19-13-20(41-3)14-24-26(5-7-35-27(19)24)39-9-6-21-22(25-16-37(2)36-28(25)30(31,32)33)11-18(12-23(21)29(39)40)15-38-10-8-34-17-38/h5,7-8,10-14,16-17H,4,6,9,15H2,1-3H3. The number of amides is 1. The van der Waals surface area contributed by atoms with Crippen LogP contribution < -0.4 is 9.64 Å². The van der Waals surface area contributed by atoms with Crippen molar-refractivity contribution in [2.75, 3.05) is 18.6 Å². The van der Waals surface area contributed by atoms with E-state index in [0.717, 1.165) is 27.6 Å². The molecule has 1 amide bonds. The SMILES string of the molecule is CCc1cc(OC)cc2c(N3CCc4c(cc(Cn5ccnc5)cc4-c4cn(C)nc4C(F)(F)F)C3=O)ccnc12. The number of hydrogen-bond acceptors (Lipinski definition) is 5. The van der Waals surface area contributed by atoms with Crippen LogP contribution in [0.5, 0.6) is 5.75 Å². The van der Waals surface area contributed by atoms with E-state index >= 15 is 0 Å². The highest BCUT2D eigenvalue weighted by Crippen LogP contribution is 2.41. The van der Waals surface area contributed by atoms with Crippen molar-refractivity contribution in [3.05, 3.63) is 89.4 Å². The number of aryl methyl sites for hydroxylation is 2. The number of rotatable bonds is 6. The number of carbonyl (C=O) groups excluding carboxylic acids is 1. The third-order valence-corrected chi connectivity index (χ3v) is 7.46. The quantitative estimate of drug-likeness (QED) is 0.267. The van der Waals surface area contributed by atoms with E-state index in [0.29, 0.717) is 53.2 Å². The number of halogens is 3. The second-order valence-corrected chi connectivity index (χ2v) is 10.0. The fourth-order valence-electron chi connectivity index (χ4n) is 5.62. The highest BCUT2D eigenvalue weighted by Gasteiger charge is 2.39. The summed E-state index contributed by atoms with van der Waals surface area (Å²) in [6.07, 6.45) is 4.50. The summed E-state index contributed by atoms with van der Waals surface area (Å²) in [5.41, 5.74) is 3.41. The van der Waals surface area contributed by atoms with Crippen LogP contribution in [-0.4, -0.2) is 43.9 Å². The number of anilines is 1. The number of fused-ring (bicyclic) bond motifs is 2. The molecule has 41 heavy (non-hydrogen) atoms. The maximum absolute atomic E-state index is 14.2. The predicted octanol–water partition coefficient (Wildman–Crippen LogP) is 5.67. The number of methoxy groups -OCH3 is 1. The highest BCUT2D eigenvalue weighted by molar-refractivity contribution is 6.13. The van der Waals surface area contributed by atoms with Gasteiger partial charge in [0, 0.05) is 61.4 Å². The second-order valence-electron chi connectivity index (χ2n) is 10.0. The number of benzene rings is 2. The van der Waals surface area contributed by atoms with Crippen molar-refractivity contribution < 1.29 is 22.7 Å². The molecule has 0 radical (unpaired) electrons. The summed E-state index contributed by atoms with van der Waals surface area (Å²) in [5, 5.41) is 4.50. The van der Waals surface area contributed by atoms with Gasteiger partial charge in [-0.3, -0.25) is 14.5 Å². The fraction of sp³-hybridized carbons (Fsp3) is 0.267. The largest absolute Gasteiger partial charge is 0.497 e. The number of ether oxygens (including phenoxy) is 1. The van der Waals surface area contributed by atoms with Gasteiger partial charge in [-0.2, -0.15) is 18.3 Å². The van der Waals surface area contributed by atoms with E-state index in [1.807, 2.05) is 19.1 Å². The molecule has 2 aromatic carbocycles. The summed E-state index contributed by atoms with van der Waals surface area (Å²) < 4.78 is 50.6. The van der Waals surface area contributed by atoms with Crippen LogP contribution in [0.1, 0.15) is 39.7 Å². The molecule has 0 saturated carbocycles. The number of aromatic nitrogens is 5. The van der Waals surface area contributed by atoms with Gasteiger partial charge in [0.25, 0.3) is 5.91 Å². The van der Waals surface area contributed by atoms with Crippen molar-refractivity contribution in [1.82, 2.24) is 24.3 Å². The molecule has 8 nitrogen and oxygen atoms in total. The first-order valence-corrected chi connectivity index (χ1v) is 13.2. The number of alkyl halides is 3. The Hall–Kier alpha value is -4.67. The average molecular weight is 561 g/mol. The zero-order valence-electron chi connectivity index (χ0n) is 22.7. The number of hydrogen-bond donors (Lipinski definition) is 0. The van der Waals surface area contributed by atoms with Crippen molar-refractivity contribution in [3.63, 3.8) is 0 Å². The van der Waals surface area contributed by atoms with Crippen LogP contribution in [0.15, 0.2) is 61.4 Å². The molecular weight excluding hydrogens is 533 g/mol. The zero-order chi connectivity index (χ0) is 28.9. The molecular formula is C30H27F3N6O2. The van der Waals surface area contributed by atoms with Crippen molar-refractivity contribution in [1.29, 1.82) is 0 Å². The Balaban J connectivity index is 1.52. The molecule has 0 fully saturated rings. The van der Waals surface area contributed by atoms with Gasteiger partial charge in [-0.1, -0.05) is 6.92 Å². The number of pyridine rings is 1. The maximum atomic E-state index is 14.2. The third kappa shape index (κ3) is 4.71. The van der Waals surface area contributed by atoms with Gasteiger partial charge < -0.3 is 14.2 Å². The number of carbonyl (C=O) groups is 1. The van der Waals surface area contributed by atoms with Gasteiger partial charge >= 0.3 is 6.18 Å². The van der Waals surface area contributed by atoms with E-state index in [2.05, 4.69) is 15.1 Å². The van der Waals surface area contributed by atoms with Gasteiger partial charge in [-0.05, 0) is 65.4 Å². The number of imidazole rings is 1. The minimum atomic E-state index is -4.65. The maximum Gasteiger partial charge on any atom is 0.435 e. The minimum absolute atomic E-state index is 0.0448. The monoisotopic (exact) mass is 560 g/mol. The van der Waals surface area contributed by atoms with Crippen molar-refractivity contribution in [2.45, 2.75) is 32.5 Å². The normalized spacial score (nSPS) is 13.6. The Morgan fingerprint density at radius 1 is 1.07 bits per heavy atom. The molecule has 1 aliphatic heterocycles. The molecule has 4 heterocycles. The summed E-state index contributed by atoms with van der Waals surface area (Å²) in [7, 11) is 3.05. The lowest BCUT2D eigenvalue weighted by molar-refractivity contribution is -0.140. The molecule has 0 atom stereocenters. The van der Waals surface area contributed by atoms with Crippen molar-refractivity contribution in [2.24, 2.45) is 7.05 Å². The summed E-state index contributed by atoms with van der Waals surface area (Å²) in [5.74, 6) is 0.375. The third-order valence-electron chi connectivity index (χ3n) is 7.46. The van der Waals surface area contributed by atoms with E-state index in [-0.39, 0.29) is 11.5 Å². The van der Waals surface area contributed by atoms with Gasteiger partial charge in [-0.15, -0.1) is 0 Å². The molecule has 0 spiro atoms. The first-order chi connectivity index (χ1) is 19.7. The minimum Gasteiger partial charge on any atom is -0.497 e. The van der Waals surface area contributed by atoms with Crippen LogP contribution in [0.3, 0.4) is 0 Å². The molecule has 5 aromatic rings. The summed E-state index contributed by atoms with van der Waals surface area (Å²) >= 11 is 0. The van der Waals surface area contributed by atoms with E-state index in [4.69, 9.17) is 4.74 Å². The molecule has 0 unspecified atom stereocenters. The highest BCUT2D eigenvalue weighted by atomic mass is 19.4. The van der Waals surface area contributed by atoms with E-state index in [1.54, 1.807) is 59.7 Å². The summed E-state index contributed by atoms with van der Waals surface area (Å²) in [6.45, 7) is 2.66. The second kappa shape index (κ2) is 10.1. The van der Waals surface area contributed by atoms with Crippen LogP contribution >= 0.6 is 0 Å². The lowest BCUT2D eigenvalue weighted by Gasteiger charge is -2.31. The molecule has 1 aliphatic rings. The molecule has 0 saturated heterocycles. The summed E-state index contributed by atoms with van der Waals surface area (Å²) in [6, 6.07) is 9.11. The Labute approximate surface area is 234 Å². The van der Waals surface area contributed by atoms with Gasteiger partial charge in [0.15, 0.2) is 5.69 Å². The van der Waals surface area contributed by atoms with Crippen LogP contribution in [0.2, 0.25) is 0 Å². The lowest BCUT2D eigenvalue weighted by Crippen LogP contribution is -2.38. The Morgan fingerprint density at radius 3 is 2.59 bits per heavy atom. The predicted molar refractivity (Wildman–Crippen MR) is 148 cm³/mol.